The highest BCUT2D eigenvalue weighted by Crippen LogP contribution is 2.30. The lowest BCUT2D eigenvalue weighted by Gasteiger charge is -2.25. The number of carbonyl (C=O) groups excluding carboxylic acids is 1. The predicted octanol–water partition coefficient (Wildman–Crippen LogP) is 2.78. The van der Waals surface area contributed by atoms with Crippen LogP contribution in [0.2, 0.25) is 5.02 Å². The van der Waals surface area contributed by atoms with E-state index in [0.29, 0.717) is 33.3 Å². The second-order valence-electron chi connectivity index (χ2n) is 6.88. The Morgan fingerprint density at radius 1 is 1.43 bits per heavy atom. The number of aromatic nitrogens is 4. The highest BCUT2D eigenvalue weighted by Gasteiger charge is 2.38. The van der Waals surface area contributed by atoms with Crippen molar-refractivity contribution in [1.82, 2.24) is 25.3 Å². The van der Waals surface area contributed by atoms with Gasteiger partial charge in [-0.2, -0.15) is 13.2 Å². The second kappa shape index (κ2) is 7.73. The second-order valence-corrected chi connectivity index (χ2v) is 7.32. The van der Waals surface area contributed by atoms with Gasteiger partial charge in [-0.15, -0.1) is 0 Å². The van der Waals surface area contributed by atoms with Gasteiger partial charge in [0, 0.05) is 45.4 Å². The van der Waals surface area contributed by atoms with Crippen LogP contribution < -0.4 is 10.2 Å². The average Bonchev–Trinajstić information content (AvgIpc) is 3.29. The number of fused-ring (bicyclic) bond motifs is 1. The zero-order valence-corrected chi connectivity index (χ0v) is 16.1. The fourth-order valence-electron chi connectivity index (χ4n) is 3.42. The molecule has 3 N–H and O–H groups in total. The summed E-state index contributed by atoms with van der Waals surface area (Å²) in [6.07, 6.45) is -0.762. The Bertz CT molecular complexity index is 1100. The van der Waals surface area contributed by atoms with E-state index in [1.807, 2.05) is 5.32 Å². The molecule has 1 fully saturated rings. The minimum absolute atomic E-state index is 0. The summed E-state index contributed by atoms with van der Waals surface area (Å²) in [4.78, 5) is 29.7. The monoisotopic (exact) mass is 444 g/mol. The Kier molecular flexibility index (Phi) is 5.24. The van der Waals surface area contributed by atoms with E-state index in [1.165, 1.54) is 23.4 Å². The number of rotatable bonds is 4. The summed E-state index contributed by atoms with van der Waals surface area (Å²) in [5.74, 6) is -0.196. The van der Waals surface area contributed by atoms with E-state index in [4.69, 9.17) is 11.6 Å². The molecular weight excluding hydrogens is 425 g/mol. The van der Waals surface area contributed by atoms with Crippen molar-refractivity contribution in [3.63, 3.8) is 0 Å². The number of β-amino-alcohol motifs (C(OH)–C–C–N with tert-alkyl or cyclic N) is 1. The van der Waals surface area contributed by atoms with Crippen LogP contribution in [0.15, 0.2) is 30.7 Å². The molecule has 8 nitrogen and oxygen atoms in total. The average molecular weight is 445 g/mol. The number of alkyl halides is 3. The quantitative estimate of drug-likeness (QED) is 0.571. The Labute approximate surface area is 176 Å². The number of hydrogen-bond acceptors (Lipinski definition) is 6. The van der Waals surface area contributed by atoms with E-state index in [2.05, 4.69) is 19.9 Å². The van der Waals surface area contributed by atoms with Gasteiger partial charge in [-0.3, -0.25) is 4.79 Å². The van der Waals surface area contributed by atoms with Gasteiger partial charge in [-0.1, -0.05) is 11.6 Å². The van der Waals surface area contributed by atoms with Gasteiger partial charge < -0.3 is 20.3 Å². The van der Waals surface area contributed by atoms with Crippen LogP contribution in [0.1, 0.15) is 9.27 Å². The van der Waals surface area contributed by atoms with Gasteiger partial charge in [0.15, 0.2) is 5.82 Å². The molecule has 0 bridgehead atoms. The minimum atomic E-state index is -4.52. The van der Waals surface area contributed by atoms with Crippen molar-refractivity contribution < 1.29 is 25.9 Å². The summed E-state index contributed by atoms with van der Waals surface area (Å²) >= 11 is 6.02. The maximum atomic E-state index is 12.4. The molecule has 30 heavy (non-hydrogen) atoms. The number of halogens is 4. The van der Waals surface area contributed by atoms with Crippen LogP contribution in [-0.4, -0.2) is 62.4 Å². The summed E-state index contributed by atoms with van der Waals surface area (Å²) in [5.41, 5.74) is 1.21. The van der Waals surface area contributed by atoms with E-state index in [9.17, 15) is 23.1 Å². The fourth-order valence-corrected chi connectivity index (χ4v) is 3.58. The number of anilines is 1. The van der Waals surface area contributed by atoms with Crippen LogP contribution in [0.5, 0.6) is 0 Å². The molecule has 1 saturated heterocycles. The zero-order valence-electron chi connectivity index (χ0n) is 15.3. The zero-order chi connectivity index (χ0) is 21.5. The Morgan fingerprint density at radius 3 is 3.00 bits per heavy atom. The highest BCUT2D eigenvalue weighted by molar-refractivity contribution is 6.31. The van der Waals surface area contributed by atoms with Gasteiger partial charge in [0.1, 0.15) is 24.1 Å². The van der Waals surface area contributed by atoms with Crippen LogP contribution >= 0.6 is 11.6 Å². The van der Waals surface area contributed by atoms with Gasteiger partial charge in [-0.25, -0.2) is 15.0 Å². The number of carbonyl (C=O) groups is 1. The van der Waals surface area contributed by atoms with Gasteiger partial charge in [0.05, 0.1) is 11.1 Å². The molecule has 2 atom stereocenters. The Morgan fingerprint density at radius 2 is 2.23 bits per heavy atom. The molecule has 1 aliphatic rings. The lowest BCUT2D eigenvalue weighted by atomic mass is 10.2. The first-order chi connectivity index (χ1) is 14.2. The molecule has 1 aliphatic heterocycles. The number of nitrogens with zero attached hydrogens (tertiary/aromatic N) is 4. The highest BCUT2D eigenvalue weighted by atomic mass is 35.5. The molecule has 3 aromatic heterocycles. The first kappa shape index (κ1) is 20.4. The van der Waals surface area contributed by atoms with Crippen LogP contribution in [0, 0.1) is 0 Å². The normalized spacial score (nSPS) is 19.4. The number of pyridine rings is 1. The van der Waals surface area contributed by atoms with Crippen LogP contribution in [0.4, 0.5) is 19.0 Å². The van der Waals surface area contributed by atoms with Crippen molar-refractivity contribution in [2.75, 3.05) is 18.0 Å². The standard InChI is InChI=1S/C18H16ClF3N6O2.2H2/c19-9-3-11-12(6-25-15(11)24-5-9)16-23-2-1-14(27-16)28-7-10(29)4-13(28)17(30)26-8-18(20,21)22;;/h1-3,5-6,10,13,29H,4,7-8H2,(H,24,25)(H,26,30);2*1H/t10?,13-;;/m1../s1. The molecule has 0 saturated carbocycles. The summed E-state index contributed by atoms with van der Waals surface area (Å²) < 4.78 is 37.3. The summed E-state index contributed by atoms with van der Waals surface area (Å²) in [6.45, 7) is -1.38. The Hall–Kier alpha value is -2.92. The summed E-state index contributed by atoms with van der Waals surface area (Å²) in [6, 6.07) is 2.26. The van der Waals surface area contributed by atoms with E-state index in [-0.39, 0.29) is 15.8 Å². The molecule has 0 spiro atoms. The molecule has 1 unspecified atom stereocenters. The van der Waals surface area contributed by atoms with Gasteiger partial charge >= 0.3 is 6.18 Å². The summed E-state index contributed by atoms with van der Waals surface area (Å²) in [5, 5.41) is 13.0. The molecule has 1 amide bonds. The van der Waals surface area contributed by atoms with Crippen molar-refractivity contribution >= 4 is 34.4 Å². The van der Waals surface area contributed by atoms with E-state index in [0.717, 1.165) is 0 Å². The van der Waals surface area contributed by atoms with Crippen molar-refractivity contribution in [2.45, 2.75) is 24.7 Å². The maximum absolute atomic E-state index is 12.4. The topological polar surface area (TPSA) is 107 Å². The molecule has 162 valence electrons. The number of hydrogen-bond donors (Lipinski definition) is 3. The molecule has 4 rings (SSSR count). The molecule has 4 heterocycles. The number of nitrogens with one attached hydrogen (secondary N) is 2. The van der Waals surface area contributed by atoms with Crippen molar-refractivity contribution in [2.24, 2.45) is 0 Å². The van der Waals surface area contributed by atoms with E-state index >= 15 is 0 Å². The third-order valence-electron chi connectivity index (χ3n) is 4.72. The number of aliphatic hydroxyl groups excluding tert-OH is 1. The number of aliphatic hydroxyl groups is 1. The van der Waals surface area contributed by atoms with Crippen LogP contribution in [0.3, 0.4) is 0 Å². The summed E-state index contributed by atoms with van der Waals surface area (Å²) in [7, 11) is 0. The van der Waals surface area contributed by atoms with Gasteiger partial charge in [0.25, 0.3) is 0 Å². The number of amides is 1. The minimum Gasteiger partial charge on any atom is -0.391 e. The largest absolute Gasteiger partial charge is 0.405 e. The first-order valence-electron chi connectivity index (χ1n) is 8.96. The van der Waals surface area contributed by atoms with Crippen molar-refractivity contribution in [3.8, 4) is 11.4 Å². The molecular formula is C18H20ClF3N6O2. The van der Waals surface area contributed by atoms with Crippen LogP contribution in [0.25, 0.3) is 22.4 Å². The Balaban J connectivity index is 0.00000181. The van der Waals surface area contributed by atoms with Gasteiger partial charge in [-0.05, 0) is 12.1 Å². The SMILES string of the molecule is O=C(NCC(F)(F)F)[C@H]1CC(O)CN1c1ccnc(-c2c[nH]c3ncc(Cl)cc23)n1.[HH].[HH]. The lowest BCUT2D eigenvalue weighted by Crippen LogP contribution is -2.46. The molecule has 0 radical (unpaired) electrons. The molecule has 3 aromatic rings. The number of aromatic amines is 1. The fraction of sp³-hybridized carbons (Fsp3) is 0.333. The maximum Gasteiger partial charge on any atom is 0.405 e. The van der Waals surface area contributed by atoms with Crippen LogP contribution in [-0.2, 0) is 4.79 Å². The molecule has 12 heteroatoms. The van der Waals surface area contributed by atoms with E-state index < -0.39 is 30.8 Å². The van der Waals surface area contributed by atoms with Crippen molar-refractivity contribution in [1.29, 1.82) is 0 Å². The van der Waals surface area contributed by atoms with E-state index in [1.54, 1.807) is 12.3 Å². The third kappa shape index (κ3) is 4.17. The predicted molar refractivity (Wildman–Crippen MR) is 107 cm³/mol. The number of H-pyrrole nitrogens is 1. The smallest absolute Gasteiger partial charge is 0.391 e. The molecule has 0 aliphatic carbocycles. The van der Waals surface area contributed by atoms with Gasteiger partial charge in [0.2, 0.25) is 5.91 Å². The lowest BCUT2D eigenvalue weighted by molar-refractivity contribution is -0.139. The van der Waals surface area contributed by atoms with Crippen molar-refractivity contribution in [3.05, 3.63) is 35.7 Å². The molecule has 0 aromatic carbocycles. The third-order valence-corrected chi connectivity index (χ3v) is 4.93. The first-order valence-corrected chi connectivity index (χ1v) is 9.34.